The summed E-state index contributed by atoms with van der Waals surface area (Å²) in [7, 11) is 0. The minimum absolute atomic E-state index is 0.0573. The third-order valence-electron chi connectivity index (χ3n) is 3.97. The summed E-state index contributed by atoms with van der Waals surface area (Å²) in [6.45, 7) is 0. The van der Waals surface area contributed by atoms with E-state index in [4.69, 9.17) is 10.5 Å². The molecule has 0 saturated carbocycles. The highest BCUT2D eigenvalue weighted by molar-refractivity contribution is 7.23. The van der Waals surface area contributed by atoms with E-state index < -0.39 is 0 Å². The molecular weight excluding hydrogens is 372 g/mol. The lowest BCUT2D eigenvalue weighted by Crippen LogP contribution is -1.94. The Morgan fingerprint density at radius 2 is 1.48 bits per heavy atom. The fourth-order valence-corrected chi connectivity index (χ4v) is 4.77. The van der Waals surface area contributed by atoms with Gasteiger partial charge in [-0.05, 0) is 29.8 Å². The van der Waals surface area contributed by atoms with E-state index in [9.17, 15) is 0 Å². The predicted octanol–water partition coefficient (Wildman–Crippen LogP) is 5.27. The summed E-state index contributed by atoms with van der Waals surface area (Å²) in [6.07, 6.45) is 2.47. The van der Waals surface area contributed by atoms with Crippen LogP contribution in [0.5, 0.6) is 0 Å². The average molecular weight is 384 g/mol. The van der Waals surface area contributed by atoms with Gasteiger partial charge in [-0.15, -0.1) is 22.7 Å². The fraction of sp³-hybridized carbons (Fsp3) is 0.0476. The normalized spacial score (nSPS) is 10.3. The number of rotatable bonds is 4. The van der Waals surface area contributed by atoms with E-state index in [2.05, 4.69) is 52.4 Å². The quantitative estimate of drug-likeness (QED) is 0.480. The predicted molar refractivity (Wildman–Crippen MR) is 107 cm³/mol. The molecule has 0 radical (unpaired) electrons. The minimum Gasteiger partial charge on any atom is -0.240 e. The molecule has 3 aromatic heterocycles. The summed E-state index contributed by atoms with van der Waals surface area (Å²) >= 11 is 3.39. The Labute approximate surface area is 164 Å². The second-order valence-corrected chi connectivity index (χ2v) is 8.02. The van der Waals surface area contributed by atoms with Crippen LogP contribution in [0.2, 0.25) is 0 Å². The molecule has 1 aromatic carbocycles. The summed E-state index contributed by atoms with van der Waals surface area (Å²) in [5.41, 5.74) is 2.03. The Morgan fingerprint density at radius 1 is 0.778 bits per heavy atom. The van der Waals surface area contributed by atoms with Gasteiger partial charge >= 0.3 is 0 Å². The number of hydrogen-bond donors (Lipinski definition) is 0. The van der Waals surface area contributed by atoms with E-state index in [0.717, 1.165) is 16.2 Å². The molecule has 0 atom stereocenters. The van der Waals surface area contributed by atoms with E-state index in [0.29, 0.717) is 5.69 Å². The van der Waals surface area contributed by atoms with Gasteiger partial charge in [-0.25, -0.2) is 9.97 Å². The van der Waals surface area contributed by atoms with Crippen molar-refractivity contribution in [2.24, 2.45) is 0 Å². The average Bonchev–Trinajstić information content (AvgIpc) is 3.38. The van der Waals surface area contributed by atoms with Gasteiger partial charge in [0, 0.05) is 21.1 Å². The van der Waals surface area contributed by atoms with Crippen LogP contribution >= 0.6 is 22.7 Å². The van der Waals surface area contributed by atoms with Crippen LogP contribution in [0.1, 0.15) is 21.8 Å². The Hall–Kier alpha value is -3.32. The minimum atomic E-state index is 0.0573. The van der Waals surface area contributed by atoms with Gasteiger partial charge in [0.25, 0.3) is 0 Å². The lowest BCUT2D eigenvalue weighted by molar-refractivity contribution is 1.14. The molecular formula is C21H12N4S2. The number of thiophene rings is 2. The number of nitriles is 2. The highest BCUT2D eigenvalue weighted by Crippen LogP contribution is 2.37. The van der Waals surface area contributed by atoms with Crippen molar-refractivity contribution >= 4 is 22.7 Å². The first-order chi connectivity index (χ1) is 13.3. The van der Waals surface area contributed by atoms with Gasteiger partial charge in [-0.1, -0.05) is 30.3 Å². The summed E-state index contributed by atoms with van der Waals surface area (Å²) in [6, 6.07) is 22.6. The van der Waals surface area contributed by atoms with Crippen molar-refractivity contribution in [2.75, 3.05) is 0 Å². The molecule has 0 aliphatic rings. The molecule has 0 amide bonds. The second kappa shape index (κ2) is 7.51. The monoisotopic (exact) mass is 384 g/mol. The number of benzene rings is 1. The van der Waals surface area contributed by atoms with Gasteiger partial charge in [-0.2, -0.15) is 10.5 Å². The standard InChI is InChI=1S/C21H12N4S2/c22-11-16-17(12-23)25-18(13-24-16)19-8-9-21(27-19)20-7-6-15(26-20)10-14-4-2-1-3-5-14/h1-9,13H,10H2. The highest BCUT2D eigenvalue weighted by Gasteiger charge is 2.12. The maximum atomic E-state index is 9.13. The number of aromatic nitrogens is 2. The molecule has 0 aliphatic heterocycles. The lowest BCUT2D eigenvalue weighted by atomic mass is 10.1. The van der Waals surface area contributed by atoms with Crippen molar-refractivity contribution in [3.63, 3.8) is 0 Å². The molecule has 4 nitrogen and oxygen atoms in total. The molecule has 4 rings (SSSR count). The van der Waals surface area contributed by atoms with Gasteiger partial charge in [-0.3, -0.25) is 0 Å². The van der Waals surface area contributed by atoms with Crippen LogP contribution in [0.4, 0.5) is 0 Å². The van der Waals surface area contributed by atoms with Crippen molar-refractivity contribution < 1.29 is 0 Å². The SMILES string of the molecule is N#Cc1ncc(-c2ccc(-c3ccc(Cc4ccccc4)s3)s2)nc1C#N. The van der Waals surface area contributed by atoms with Crippen LogP contribution in [0, 0.1) is 22.7 Å². The molecule has 0 spiro atoms. The van der Waals surface area contributed by atoms with Gasteiger partial charge in [0.05, 0.1) is 11.1 Å². The zero-order valence-electron chi connectivity index (χ0n) is 14.1. The maximum Gasteiger partial charge on any atom is 0.177 e. The Kier molecular flexibility index (Phi) is 4.76. The topological polar surface area (TPSA) is 73.4 Å². The summed E-state index contributed by atoms with van der Waals surface area (Å²) in [5.74, 6) is 0. The van der Waals surface area contributed by atoms with Crippen molar-refractivity contribution in [2.45, 2.75) is 6.42 Å². The van der Waals surface area contributed by atoms with E-state index in [1.54, 1.807) is 28.9 Å². The first kappa shape index (κ1) is 17.1. The zero-order valence-corrected chi connectivity index (χ0v) is 15.7. The summed E-state index contributed by atoms with van der Waals surface area (Å²) in [4.78, 5) is 12.9. The lowest BCUT2D eigenvalue weighted by Gasteiger charge is -1.98. The van der Waals surface area contributed by atoms with Gasteiger partial charge in [0.2, 0.25) is 0 Å². The molecule has 0 unspecified atom stereocenters. The van der Waals surface area contributed by atoms with E-state index in [1.807, 2.05) is 24.3 Å². The molecule has 0 bridgehead atoms. The number of hydrogen-bond acceptors (Lipinski definition) is 6. The number of nitrogens with zero attached hydrogens (tertiary/aromatic N) is 4. The first-order valence-corrected chi connectivity index (χ1v) is 9.80. The third kappa shape index (κ3) is 3.63. The van der Waals surface area contributed by atoms with Gasteiger partial charge in [0.1, 0.15) is 17.8 Å². The molecule has 0 aliphatic carbocycles. The second-order valence-electron chi connectivity index (χ2n) is 5.77. The Morgan fingerprint density at radius 3 is 2.26 bits per heavy atom. The van der Waals surface area contributed by atoms with Crippen molar-refractivity contribution in [1.82, 2.24) is 9.97 Å². The fourth-order valence-electron chi connectivity index (χ4n) is 2.68. The van der Waals surface area contributed by atoms with Gasteiger partial charge in [0.15, 0.2) is 11.4 Å². The highest BCUT2D eigenvalue weighted by atomic mass is 32.1. The third-order valence-corrected chi connectivity index (χ3v) is 6.36. The van der Waals surface area contributed by atoms with Crippen molar-refractivity contribution in [3.05, 3.63) is 82.6 Å². The van der Waals surface area contributed by atoms with Crippen LogP contribution in [0.3, 0.4) is 0 Å². The largest absolute Gasteiger partial charge is 0.240 e. The summed E-state index contributed by atoms with van der Waals surface area (Å²) < 4.78 is 0. The van der Waals surface area contributed by atoms with Gasteiger partial charge < -0.3 is 0 Å². The smallest absolute Gasteiger partial charge is 0.177 e. The summed E-state index contributed by atoms with van der Waals surface area (Å²) in [5, 5.41) is 18.1. The first-order valence-electron chi connectivity index (χ1n) is 8.17. The molecule has 27 heavy (non-hydrogen) atoms. The van der Waals surface area contributed by atoms with Crippen LogP contribution in [0.25, 0.3) is 20.3 Å². The van der Waals surface area contributed by atoms with Crippen LogP contribution in [-0.4, -0.2) is 9.97 Å². The zero-order chi connectivity index (χ0) is 18.6. The van der Waals surface area contributed by atoms with Crippen LogP contribution in [-0.2, 0) is 6.42 Å². The van der Waals surface area contributed by atoms with E-state index in [1.165, 1.54) is 15.3 Å². The van der Waals surface area contributed by atoms with E-state index in [-0.39, 0.29) is 11.4 Å². The molecule has 6 heteroatoms. The van der Waals surface area contributed by atoms with Crippen molar-refractivity contribution in [3.8, 4) is 32.5 Å². The molecule has 0 N–H and O–H groups in total. The van der Waals surface area contributed by atoms with E-state index >= 15 is 0 Å². The molecule has 128 valence electrons. The molecule has 4 aromatic rings. The maximum absolute atomic E-state index is 9.13. The molecule has 3 heterocycles. The van der Waals surface area contributed by atoms with Crippen molar-refractivity contribution in [1.29, 1.82) is 10.5 Å². The van der Waals surface area contributed by atoms with Crippen LogP contribution in [0.15, 0.2) is 60.8 Å². The Bertz CT molecular complexity index is 1180. The Balaban J connectivity index is 1.59. The molecule has 0 fully saturated rings. The van der Waals surface area contributed by atoms with Crippen LogP contribution < -0.4 is 0 Å². The molecule has 0 saturated heterocycles.